The first-order valence-corrected chi connectivity index (χ1v) is 6.85. The number of benzene rings is 1. The summed E-state index contributed by atoms with van der Waals surface area (Å²) < 4.78 is 2.28. The molecule has 20 heavy (non-hydrogen) atoms. The van der Waals surface area contributed by atoms with E-state index < -0.39 is 0 Å². The fourth-order valence-electron chi connectivity index (χ4n) is 1.83. The summed E-state index contributed by atoms with van der Waals surface area (Å²) in [6.07, 6.45) is 0. The number of halogens is 1. The Morgan fingerprint density at radius 1 is 1.30 bits per heavy atom. The zero-order valence-electron chi connectivity index (χ0n) is 11.2. The van der Waals surface area contributed by atoms with Crippen LogP contribution in [0, 0.1) is 13.8 Å². The van der Waals surface area contributed by atoms with Crippen molar-refractivity contribution in [2.45, 2.75) is 20.4 Å². The minimum absolute atomic E-state index is 0.0476. The van der Waals surface area contributed by atoms with Gasteiger partial charge in [0, 0.05) is 21.9 Å². The van der Waals surface area contributed by atoms with E-state index in [2.05, 4.69) is 26.2 Å². The van der Waals surface area contributed by atoms with Crippen LogP contribution in [0.15, 0.2) is 39.6 Å². The molecule has 1 aromatic heterocycles. The number of hydrogen-bond acceptors (Lipinski definition) is 3. The monoisotopic (exact) mass is 335 g/mol. The lowest BCUT2D eigenvalue weighted by molar-refractivity contribution is -0.116. The molecule has 104 valence electrons. The van der Waals surface area contributed by atoms with Crippen LogP contribution in [0.1, 0.15) is 11.5 Å². The molecule has 2 rings (SSSR count). The van der Waals surface area contributed by atoms with E-state index in [1.165, 1.54) is 10.6 Å². The number of aryl methyl sites for hydroxylation is 2. The second-order valence-corrected chi connectivity index (χ2v) is 5.34. The van der Waals surface area contributed by atoms with Gasteiger partial charge in [-0.15, -0.1) is 0 Å². The van der Waals surface area contributed by atoms with Crippen molar-refractivity contribution in [1.82, 2.24) is 9.55 Å². The van der Waals surface area contributed by atoms with Gasteiger partial charge in [0.05, 0.1) is 0 Å². The Balaban J connectivity index is 2.12. The third-order valence-corrected chi connectivity index (χ3v) is 3.29. The molecule has 0 fully saturated rings. The zero-order valence-corrected chi connectivity index (χ0v) is 12.8. The first kappa shape index (κ1) is 14.5. The second-order valence-electron chi connectivity index (χ2n) is 4.42. The molecular formula is C14H14BrN3O2. The molecule has 0 unspecified atom stereocenters. The van der Waals surface area contributed by atoms with Crippen molar-refractivity contribution in [3.8, 4) is 0 Å². The highest BCUT2D eigenvalue weighted by Gasteiger charge is 2.08. The molecule has 1 amide bonds. The van der Waals surface area contributed by atoms with Gasteiger partial charge in [0.15, 0.2) is 0 Å². The molecule has 0 aliphatic rings. The number of aromatic nitrogens is 2. The van der Waals surface area contributed by atoms with E-state index >= 15 is 0 Å². The molecule has 0 atom stereocenters. The van der Waals surface area contributed by atoms with Crippen LogP contribution in [-0.2, 0) is 11.3 Å². The molecule has 0 spiro atoms. The van der Waals surface area contributed by atoms with Crippen LogP contribution in [0.4, 0.5) is 5.69 Å². The normalized spacial score (nSPS) is 10.3. The Bertz CT molecular complexity index is 693. The van der Waals surface area contributed by atoms with Gasteiger partial charge in [0.1, 0.15) is 12.4 Å². The number of rotatable bonds is 3. The Hall–Kier alpha value is -1.95. The van der Waals surface area contributed by atoms with E-state index in [1.807, 2.05) is 12.1 Å². The highest BCUT2D eigenvalue weighted by molar-refractivity contribution is 9.10. The summed E-state index contributed by atoms with van der Waals surface area (Å²) in [4.78, 5) is 28.0. The van der Waals surface area contributed by atoms with Crippen molar-refractivity contribution in [2.75, 3.05) is 5.32 Å². The average molecular weight is 336 g/mol. The van der Waals surface area contributed by atoms with E-state index in [-0.39, 0.29) is 18.0 Å². The summed E-state index contributed by atoms with van der Waals surface area (Å²) in [6.45, 7) is 3.41. The summed E-state index contributed by atoms with van der Waals surface area (Å²) in [5.74, 6) is 0.268. The third-order valence-electron chi connectivity index (χ3n) is 2.76. The number of anilines is 1. The number of amides is 1. The average Bonchev–Trinajstić information content (AvgIpc) is 2.36. The summed E-state index contributed by atoms with van der Waals surface area (Å²) in [5.41, 5.74) is 1.11. The number of nitrogens with zero attached hydrogens (tertiary/aromatic N) is 2. The first-order valence-electron chi connectivity index (χ1n) is 6.06. The van der Waals surface area contributed by atoms with Crippen molar-refractivity contribution in [3.05, 3.63) is 56.7 Å². The Labute approximate surface area is 124 Å². The van der Waals surface area contributed by atoms with Gasteiger partial charge in [0.2, 0.25) is 5.91 Å². The van der Waals surface area contributed by atoms with Crippen LogP contribution in [0.3, 0.4) is 0 Å². The SMILES string of the molecule is Cc1cc(=O)n(CC(=O)Nc2ccc(Br)cc2)c(C)n1. The van der Waals surface area contributed by atoms with Crippen LogP contribution in [0.25, 0.3) is 0 Å². The summed E-state index contributed by atoms with van der Waals surface area (Å²) in [5, 5.41) is 2.74. The van der Waals surface area contributed by atoms with Crippen LogP contribution in [-0.4, -0.2) is 15.5 Å². The highest BCUT2D eigenvalue weighted by atomic mass is 79.9. The van der Waals surface area contributed by atoms with E-state index in [0.717, 1.165) is 4.47 Å². The Morgan fingerprint density at radius 3 is 2.55 bits per heavy atom. The largest absolute Gasteiger partial charge is 0.325 e. The molecule has 0 aliphatic carbocycles. The molecule has 0 aliphatic heterocycles. The highest BCUT2D eigenvalue weighted by Crippen LogP contribution is 2.14. The van der Waals surface area contributed by atoms with Gasteiger partial charge < -0.3 is 5.32 Å². The second kappa shape index (κ2) is 6.00. The number of nitrogens with one attached hydrogen (secondary N) is 1. The van der Waals surface area contributed by atoms with Crippen molar-refractivity contribution >= 4 is 27.5 Å². The summed E-state index contributed by atoms with van der Waals surface area (Å²) in [7, 11) is 0. The predicted octanol–water partition coefficient (Wildman–Crippen LogP) is 2.26. The van der Waals surface area contributed by atoms with E-state index in [1.54, 1.807) is 26.0 Å². The van der Waals surface area contributed by atoms with Gasteiger partial charge in [-0.25, -0.2) is 4.98 Å². The van der Waals surface area contributed by atoms with Crippen molar-refractivity contribution in [2.24, 2.45) is 0 Å². The quantitative estimate of drug-likeness (QED) is 0.935. The fraction of sp³-hybridized carbons (Fsp3) is 0.214. The number of carbonyl (C=O) groups excluding carboxylic acids is 1. The van der Waals surface area contributed by atoms with E-state index in [9.17, 15) is 9.59 Å². The molecule has 1 N–H and O–H groups in total. The Morgan fingerprint density at radius 2 is 1.95 bits per heavy atom. The minimum atomic E-state index is -0.261. The Kier molecular flexibility index (Phi) is 4.34. The predicted molar refractivity (Wildman–Crippen MR) is 80.7 cm³/mol. The molecule has 6 heteroatoms. The van der Waals surface area contributed by atoms with Gasteiger partial charge in [-0.3, -0.25) is 14.2 Å². The molecule has 5 nitrogen and oxygen atoms in total. The molecule has 1 heterocycles. The van der Waals surface area contributed by atoms with Crippen molar-refractivity contribution in [1.29, 1.82) is 0 Å². The van der Waals surface area contributed by atoms with E-state index in [0.29, 0.717) is 17.2 Å². The smallest absolute Gasteiger partial charge is 0.254 e. The topological polar surface area (TPSA) is 64.0 Å². The van der Waals surface area contributed by atoms with Gasteiger partial charge in [-0.1, -0.05) is 15.9 Å². The van der Waals surface area contributed by atoms with Gasteiger partial charge >= 0.3 is 0 Å². The summed E-state index contributed by atoms with van der Waals surface area (Å²) >= 11 is 3.32. The van der Waals surface area contributed by atoms with Crippen LogP contribution < -0.4 is 10.9 Å². The van der Waals surface area contributed by atoms with E-state index in [4.69, 9.17) is 0 Å². The maximum absolute atomic E-state index is 11.9. The first-order chi connectivity index (χ1) is 9.45. The van der Waals surface area contributed by atoms with Gasteiger partial charge in [-0.2, -0.15) is 0 Å². The van der Waals surface area contributed by atoms with Gasteiger partial charge in [-0.05, 0) is 38.1 Å². The minimum Gasteiger partial charge on any atom is -0.325 e. The molecule has 0 saturated heterocycles. The lowest BCUT2D eigenvalue weighted by Crippen LogP contribution is -2.29. The summed E-state index contributed by atoms with van der Waals surface area (Å²) in [6, 6.07) is 8.65. The lowest BCUT2D eigenvalue weighted by atomic mass is 10.3. The molecule has 0 bridgehead atoms. The molecule has 0 saturated carbocycles. The molecule has 1 aromatic carbocycles. The maximum Gasteiger partial charge on any atom is 0.254 e. The third kappa shape index (κ3) is 3.54. The standard InChI is InChI=1S/C14H14BrN3O2/c1-9-7-14(20)18(10(2)16-9)8-13(19)17-12-5-3-11(15)4-6-12/h3-7H,8H2,1-2H3,(H,17,19). The fourth-order valence-corrected chi connectivity index (χ4v) is 2.10. The number of hydrogen-bond donors (Lipinski definition) is 1. The molecule has 0 radical (unpaired) electrons. The molecular weight excluding hydrogens is 322 g/mol. The zero-order chi connectivity index (χ0) is 14.7. The molecule has 2 aromatic rings. The lowest BCUT2D eigenvalue weighted by Gasteiger charge is -2.10. The van der Waals surface area contributed by atoms with Crippen LogP contribution in [0.5, 0.6) is 0 Å². The van der Waals surface area contributed by atoms with Crippen molar-refractivity contribution < 1.29 is 4.79 Å². The maximum atomic E-state index is 11.9. The van der Waals surface area contributed by atoms with Gasteiger partial charge in [0.25, 0.3) is 5.56 Å². The van der Waals surface area contributed by atoms with Crippen molar-refractivity contribution in [3.63, 3.8) is 0 Å². The van der Waals surface area contributed by atoms with Crippen LogP contribution in [0.2, 0.25) is 0 Å². The van der Waals surface area contributed by atoms with Crippen LogP contribution >= 0.6 is 15.9 Å². The number of carbonyl (C=O) groups is 1.